The Hall–Kier alpha value is -3.35. The number of hydrogen-bond donors (Lipinski definition) is 1. The van der Waals surface area contributed by atoms with Crippen molar-refractivity contribution in [1.29, 1.82) is 0 Å². The van der Waals surface area contributed by atoms with Gasteiger partial charge in [-0.3, -0.25) is 14.6 Å². The normalized spacial score (nSPS) is 19.2. The third kappa shape index (κ3) is 4.71. The Morgan fingerprint density at radius 2 is 1.68 bits per heavy atom. The first-order valence-corrected chi connectivity index (χ1v) is 10.7. The van der Waals surface area contributed by atoms with Gasteiger partial charge in [-0.15, -0.1) is 0 Å². The zero-order valence-corrected chi connectivity index (χ0v) is 18.0. The number of Topliss-reactive ketones (excluding diaryl/α,β-unsaturated/α-hetero) is 1. The molecule has 2 aliphatic rings. The van der Waals surface area contributed by atoms with Crippen molar-refractivity contribution < 1.29 is 14.3 Å². The number of hydrogen-bond acceptors (Lipinski definition) is 6. The SMILES string of the molecule is COc1ccc(N2CCC(NC(=O)C3=NN(c4ccccc4)C(C(C)=O)C3)CC2)cc1. The van der Waals surface area contributed by atoms with Gasteiger partial charge in [0.15, 0.2) is 5.78 Å². The molecule has 7 nitrogen and oxygen atoms in total. The minimum absolute atomic E-state index is 0.00297. The number of methoxy groups -OCH3 is 1. The smallest absolute Gasteiger partial charge is 0.267 e. The molecular formula is C24H28N4O3. The van der Waals surface area contributed by atoms with E-state index in [2.05, 4.69) is 27.5 Å². The standard InChI is InChI=1S/C24H28N4O3/c1-17(29)23-16-22(26-28(23)20-6-4-3-5-7-20)24(30)25-18-12-14-27(15-13-18)19-8-10-21(31-2)11-9-19/h3-11,18,23H,12-16H2,1-2H3,(H,25,30). The van der Waals surface area contributed by atoms with E-state index in [4.69, 9.17) is 4.74 Å². The Bertz CT molecular complexity index is 951. The van der Waals surface area contributed by atoms with E-state index in [0.29, 0.717) is 12.1 Å². The Balaban J connectivity index is 1.36. The number of carbonyl (C=O) groups excluding carboxylic acids is 2. The van der Waals surface area contributed by atoms with E-state index in [0.717, 1.165) is 43.1 Å². The van der Waals surface area contributed by atoms with E-state index in [1.165, 1.54) is 0 Å². The van der Waals surface area contributed by atoms with Crippen LogP contribution in [0.15, 0.2) is 59.7 Å². The van der Waals surface area contributed by atoms with Crippen molar-refractivity contribution in [3.63, 3.8) is 0 Å². The molecule has 1 N–H and O–H groups in total. The van der Waals surface area contributed by atoms with Crippen molar-refractivity contribution in [2.24, 2.45) is 5.10 Å². The van der Waals surface area contributed by atoms with Crippen LogP contribution in [0.3, 0.4) is 0 Å². The third-order valence-corrected chi connectivity index (χ3v) is 5.93. The molecule has 1 unspecified atom stereocenters. The molecule has 2 aliphatic heterocycles. The van der Waals surface area contributed by atoms with E-state index in [9.17, 15) is 9.59 Å². The summed E-state index contributed by atoms with van der Waals surface area (Å²) in [5.74, 6) is 0.674. The number of rotatable bonds is 6. The Morgan fingerprint density at radius 3 is 2.29 bits per heavy atom. The molecule has 162 valence electrons. The highest BCUT2D eigenvalue weighted by molar-refractivity contribution is 6.40. The summed E-state index contributed by atoms with van der Waals surface area (Å²) in [4.78, 5) is 27.3. The third-order valence-electron chi connectivity index (χ3n) is 5.93. The van der Waals surface area contributed by atoms with Crippen LogP contribution < -0.4 is 20.0 Å². The second kappa shape index (κ2) is 9.20. The van der Waals surface area contributed by atoms with Crippen LogP contribution in [0.1, 0.15) is 26.2 Å². The first-order valence-electron chi connectivity index (χ1n) is 10.7. The van der Waals surface area contributed by atoms with Crippen molar-refractivity contribution in [2.45, 2.75) is 38.3 Å². The van der Waals surface area contributed by atoms with Gasteiger partial charge in [0, 0.05) is 31.2 Å². The fourth-order valence-corrected chi connectivity index (χ4v) is 4.13. The van der Waals surface area contributed by atoms with Gasteiger partial charge in [-0.1, -0.05) is 18.2 Å². The number of carbonyl (C=O) groups is 2. The quantitative estimate of drug-likeness (QED) is 0.778. The first-order chi connectivity index (χ1) is 15.0. The Kier molecular flexibility index (Phi) is 6.21. The number of hydrazone groups is 1. The minimum Gasteiger partial charge on any atom is -0.497 e. The van der Waals surface area contributed by atoms with Gasteiger partial charge in [0.05, 0.1) is 12.8 Å². The number of nitrogens with zero attached hydrogens (tertiary/aromatic N) is 3. The van der Waals surface area contributed by atoms with E-state index in [1.807, 2.05) is 42.5 Å². The predicted molar refractivity (Wildman–Crippen MR) is 122 cm³/mol. The van der Waals surface area contributed by atoms with Crippen molar-refractivity contribution in [3.05, 3.63) is 54.6 Å². The summed E-state index contributed by atoms with van der Waals surface area (Å²) < 4.78 is 5.22. The Labute approximate surface area is 182 Å². The summed E-state index contributed by atoms with van der Waals surface area (Å²) in [7, 11) is 1.66. The lowest BCUT2D eigenvalue weighted by molar-refractivity contribution is -0.118. The van der Waals surface area contributed by atoms with Gasteiger partial charge >= 0.3 is 0 Å². The molecule has 31 heavy (non-hydrogen) atoms. The lowest BCUT2D eigenvalue weighted by Crippen LogP contribution is -2.46. The molecule has 1 atom stereocenters. The van der Waals surface area contributed by atoms with Gasteiger partial charge < -0.3 is 15.0 Å². The highest BCUT2D eigenvalue weighted by atomic mass is 16.5. The number of ether oxygens (including phenoxy) is 1. The maximum Gasteiger partial charge on any atom is 0.267 e. The topological polar surface area (TPSA) is 74.2 Å². The number of ketones is 1. The summed E-state index contributed by atoms with van der Waals surface area (Å²) in [6, 6.07) is 17.2. The van der Waals surface area contributed by atoms with Crippen LogP contribution in [0.2, 0.25) is 0 Å². The van der Waals surface area contributed by atoms with Crippen molar-refractivity contribution >= 4 is 28.8 Å². The van der Waals surface area contributed by atoms with Crippen LogP contribution in [-0.2, 0) is 9.59 Å². The largest absolute Gasteiger partial charge is 0.497 e. The van der Waals surface area contributed by atoms with Crippen LogP contribution >= 0.6 is 0 Å². The number of amides is 1. The van der Waals surface area contributed by atoms with Crippen LogP contribution in [0, 0.1) is 0 Å². The number of piperidine rings is 1. The molecule has 0 aromatic heterocycles. The molecule has 0 bridgehead atoms. The summed E-state index contributed by atoms with van der Waals surface area (Å²) in [5.41, 5.74) is 2.40. The predicted octanol–water partition coefficient (Wildman–Crippen LogP) is 3.00. The van der Waals surface area contributed by atoms with Crippen molar-refractivity contribution in [3.8, 4) is 5.75 Å². The molecule has 0 saturated carbocycles. The molecule has 1 fully saturated rings. The van der Waals surface area contributed by atoms with Gasteiger partial charge in [0.2, 0.25) is 0 Å². The van der Waals surface area contributed by atoms with Crippen LogP contribution in [0.5, 0.6) is 5.75 Å². The highest BCUT2D eigenvalue weighted by Gasteiger charge is 2.35. The fourth-order valence-electron chi connectivity index (χ4n) is 4.13. The summed E-state index contributed by atoms with van der Waals surface area (Å²) in [6.45, 7) is 3.29. The van der Waals surface area contributed by atoms with Crippen LogP contribution in [0.25, 0.3) is 0 Å². The number of anilines is 2. The molecule has 4 rings (SSSR count). The van der Waals surface area contributed by atoms with Crippen LogP contribution in [-0.4, -0.2) is 49.7 Å². The number of benzene rings is 2. The average molecular weight is 421 g/mol. The fraction of sp³-hybridized carbons (Fsp3) is 0.375. The maximum absolute atomic E-state index is 12.9. The molecule has 7 heteroatoms. The monoisotopic (exact) mass is 420 g/mol. The summed E-state index contributed by atoms with van der Waals surface area (Å²) >= 11 is 0. The van der Waals surface area contributed by atoms with E-state index in [-0.39, 0.29) is 17.7 Å². The number of nitrogens with one attached hydrogen (secondary N) is 1. The molecular weight excluding hydrogens is 392 g/mol. The average Bonchev–Trinajstić information content (AvgIpc) is 3.26. The molecule has 2 heterocycles. The van der Waals surface area contributed by atoms with E-state index >= 15 is 0 Å². The molecule has 0 spiro atoms. The van der Waals surface area contributed by atoms with Gasteiger partial charge in [-0.25, -0.2) is 0 Å². The molecule has 2 aromatic rings. The molecule has 0 aliphatic carbocycles. The van der Waals surface area contributed by atoms with E-state index < -0.39 is 6.04 Å². The number of para-hydroxylation sites is 1. The summed E-state index contributed by atoms with van der Waals surface area (Å²) in [6.07, 6.45) is 2.06. The van der Waals surface area contributed by atoms with Gasteiger partial charge in [0.25, 0.3) is 5.91 Å². The van der Waals surface area contributed by atoms with Crippen molar-refractivity contribution in [1.82, 2.24) is 5.32 Å². The molecule has 0 radical (unpaired) electrons. The molecule has 1 saturated heterocycles. The molecule has 2 aromatic carbocycles. The Morgan fingerprint density at radius 1 is 1.00 bits per heavy atom. The van der Waals surface area contributed by atoms with Crippen molar-refractivity contribution in [2.75, 3.05) is 30.1 Å². The lowest BCUT2D eigenvalue weighted by atomic mass is 10.0. The van der Waals surface area contributed by atoms with E-state index in [1.54, 1.807) is 19.0 Å². The second-order valence-corrected chi connectivity index (χ2v) is 7.99. The second-order valence-electron chi connectivity index (χ2n) is 7.99. The summed E-state index contributed by atoms with van der Waals surface area (Å²) in [5, 5.41) is 9.30. The van der Waals surface area contributed by atoms with Gasteiger partial charge in [-0.2, -0.15) is 5.10 Å². The first kappa shape index (κ1) is 20.9. The van der Waals surface area contributed by atoms with Gasteiger partial charge in [-0.05, 0) is 56.2 Å². The highest BCUT2D eigenvalue weighted by Crippen LogP contribution is 2.26. The zero-order valence-electron chi connectivity index (χ0n) is 18.0. The zero-order chi connectivity index (χ0) is 21.8. The molecule has 1 amide bonds. The lowest BCUT2D eigenvalue weighted by Gasteiger charge is -2.34. The van der Waals surface area contributed by atoms with Gasteiger partial charge in [0.1, 0.15) is 17.5 Å². The maximum atomic E-state index is 12.9. The van der Waals surface area contributed by atoms with Crippen LogP contribution in [0.4, 0.5) is 11.4 Å². The minimum atomic E-state index is -0.430.